The molecule has 19 heavy (non-hydrogen) atoms. The minimum absolute atomic E-state index is 0.0466. The van der Waals surface area contributed by atoms with Gasteiger partial charge in [-0.3, -0.25) is 4.79 Å². The Morgan fingerprint density at radius 1 is 1.26 bits per heavy atom. The van der Waals surface area contributed by atoms with Gasteiger partial charge in [0.2, 0.25) is 5.91 Å². The van der Waals surface area contributed by atoms with Crippen LogP contribution in [0, 0.1) is 0 Å². The Labute approximate surface area is 120 Å². The van der Waals surface area contributed by atoms with E-state index >= 15 is 0 Å². The highest BCUT2D eigenvalue weighted by Gasteiger charge is 2.11. The molecule has 0 unspecified atom stereocenters. The molecule has 0 aliphatic rings. The van der Waals surface area contributed by atoms with Gasteiger partial charge < -0.3 is 16.0 Å². The Morgan fingerprint density at radius 3 is 2.58 bits per heavy atom. The predicted molar refractivity (Wildman–Crippen MR) is 82.0 cm³/mol. The van der Waals surface area contributed by atoms with Crippen LogP contribution in [0.4, 0.5) is 0 Å². The summed E-state index contributed by atoms with van der Waals surface area (Å²) >= 11 is 5.15. The molecular weight excluding hydrogens is 258 g/mol. The molecule has 4 nitrogen and oxygen atoms in total. The number of carbonyl (C=O) groups is 1. The van der Waals surface area contributed by atoms with Gasteiger partial charge in [-0.2, -0.15) is 0 Å². The number of hydrogen-bond donors (Lipinski definition) is 3. The van der Waals surface area contributed by atoms with Crippen LogP contribution < -0.4 is 16.0 Å². The van der Waals surface area contributed by atoms with E-state index in [1.807, 2.05) is 25.1 Å². The van der Waals surface area contributed by atoms with E-state index in [2.05, 4.69) is 28.1 Å². The monoisotopic (exact) mass is 279 g/mol. The summed E-state index contributed by atoms with van der Waals surface area (Å²) in [7, 11) is 0. The molecule has 0 aliphatic heterocycles. The van der Waals surface area contributed by atoms with Crippen molar-refractivity contribution in [3.63, 3.8) is 0 Å². The normalized spacial score (nSPS) is 11.5. The van der Waals surface area contributed by atoms with E-state index in [-0.39, 0.29) is 11.9 Å². The lowest BCUT2D eigenvalue weighted by Crippen LogP contribution is -2.48. The molecule has 0 heterocycles. The van der Waals surface area contributed by atoms with Crippen LogP contribution in [0.2, 0.25) is 0 Å². The predicted octanol–water partition coefficient (Wildman–Crippen LogP) is 1.22. The van der Waals surface area contributed by atoms with E-state index in [0.29, 0.717) is 11.7 Å². The van der Waals surface area contributed by atoms with Crippen molar-refractivity contribution in [1.82, 2.24) is 16.0 Å². The largest absolute Gasteiger partial charge is 0.362 e. The number of likely N-dealkylation sites (N-methyl/N-ethyl adjacent to an activating group) is 1. The fourth-order valence-electron chi connectivity index (χ4n) is 1.61. The van der Waals surface area contributed by atoms with Crippen molar-refractivity contribution in [3.8, 4) is 0 Å². The summed E-state index contributed by atoms with van der Waals surface area (Å²) in [4.78, 5) is 11.5. The molecule has 104 valence electrons. The first-order valence-corrected chi connectivity index (χ1v) is 6.90. The van der Waals surface area contributed by atoms with Gasteiger partial charge in [0.1, 0.15) is 6.04 Å². The average Bonchev–Trinajstić information content (AvgIpc) is 2.40. The van der Waals surface area contributed by atoms with Crippen molar-refractivity contribution in [3.05, 3.63) is 35.9 Å². The van der Waals surface area contributed by atoms with Gasteiger partial charge in [-0.25, -0.2) is 0 Å². The first kappa shape index (κ1) is 15.4. The highest BCUT2D eigenvalue weighted by molar-refractivity contribution is 7.80. The summed E-state index contributed by atoms with van der Waals surface area (Å²) in [5.74, 6) is -0.0466. The molecule has 1 aromatic rings. The Hall–Kier alpha value is -1.62. The van der Waals surface area contributed by atoms with Crippen molar-refractivity contribution in [2.75, 3.05) is 13.1 Å². The third-order valence-electron chi connectivity index (χ3n) is 2.63. The number of thiocarbonyl (C=S) groups is 1. The molecule has 0 aromatic heterocycles. The molecule has 0 saturated carbocycles. The molecule has 5 heteroatoms. The van der Waals surface area contributed by atoms with Crippen LogP contribution in [-0.4, -0.2) is 30.2 Å². The number of amides is 1. The second-order valence-electron chi connectivity index (χ2n) is 4.25. The molecule has 0 radical (unpaired) electrons. The highest BCUT2D eigenvalue weighted by atomic mass is 32.1. The summed E-state index contributed by atoms with van der Waals surface area (Å²) < 4.78 is 0. The van der Waals surface area contributed by atoms with E-state index in [0.717, 1.165) is 13.0 Å². The number of hydrogen-bond acceptors (Lipinski definition) is 2. The minimum atomic E-state index is -0.323. The van der Waals surface area contributed by atoms with Crippen molar-refractivity contribution in [2.45, 2.75) is 26.3 Å². The Kier molecular flexibility index (Phi) is 6.89. The molecule has 0 aliphatic carbocycles. The van der Waals surface area contributed by atoms with E-state index in [1.54, 1.807) is 6.92 Å². The Bertz CT molecular complexity index is 408. The van der Waals surface area contributed by atoms with Gasteiger partial charge in [-0.05, 0) is 38.0 Å². The van der Waals surface area contributed by atoms with Crippen LogP contribution in [-0.2, 0) is 11.2 Å². The molecule has 1 atom stereocenters. The lowest BCUT2D eigenvalue weighted by molar-refractivity contribution is -0.122. The maximum absolute atomic E-state index is 11.5. The van der Waals surface area contributed by atoms with E-state index in [4.69, 9.17) is 12.2 Å². The molecule has 0 fully saturated rings. The zero-order valence-electron chi connectivity index (χ0n) is 11.4. The van der Waals surface area contributed by atoms with Gasteiger partial charge in [0.15, 0.2) is 5.11 Å². The molecular formula is C14H21N3OS. The number of benzene rings is 1. The van der Waals surface area contributed by atoms with Crippen LogP contribution in [0.1, 0.15) is 19.4 Å². The molecule has 1 rings (SSSR count). The van der Waals surface area contributed by atoms with E-state index < -0.39 is 0 Å². The topological polar surface area (TPSA) is 53.2 Å². The zero-order valence-corrected chi connectivity index (χ0v) is 12.2. The lowest BCUT2D eigenvalue weighted by Gasteiger charge is -2.16. The summed E-state index contributed by atoms with van der Waals surface area (Å²) in [6.07, 6.45) is 0.901. The molecule has 0 spiro atoms. The quantitative estimate of drug-likeness (QED) is 0.685. The average molecular weight is 279 g/mol. The van der Waals surface area contributed by atoms with Gasteiger partial charge in [0.05, 0.1) is 0 Å². The van der Waals surface area contributed by atoms with Crippen molar-refractivity contribution in [2.24, 2.45) is 0 Å². The summed E-state index contributed by atoms with van der Waals surface area (Å²) in [6, 6.07) is 9.87. The van der Waals surface area contributed by atoms with Crippen molar-refractivity contribution in [1.29, 1.82) is 0 Å². The highest BCUT2D eigenvalue weighted by Crippen LogP contribution is 1.98. The molecule has 1 amide bonds. The Balaban J connectivity index is 2.23. The van der Waals surface area contributed by atoms with Gasteiger partial charge >= 0.3 is 0 Å². The molecule has 3 N–H and O–H groups in total. The van der Waals surface area contributed by atoms with E-state index in [9.17, 15) is 4.79 Å². The van der Waals surface area contributed by atoms with Gasteiger partial charge in [-0.15, -0.1) is 0 Å². The van der Waals surface area contributed by atoms with Crippen LogP contribution in [0.5, 0.6) is 0 Å². The van der Waals surface area contributed by atoms with E-state index in [1.165, 1.54) is 5.56 Å². The third-order valence-corrected chi connectivity index (χ3v) is 2.90. The first-order chi connectivity index (χ1) is 9.13. The second kappa shape index (κ2) is 8.48. The minimum Gasteiger partial charge on any atom is -0.362 e. The Morgan fingerprint density at radius 2 is 1.95 bits per heavy atom. The smallest absolute Gasteiger partial charge is 0.242 e. The van der Waals surface area contributed by atoms with Gasteiger partial charge in [0.25, 0.3) is 0 Å². The van der Waals surface area contributed by atoms with Crippen LogP contribution in [0.15, 0.2) is 30.3 Å². The molecule has 0 saturated heterocycles. The lowest BCUT2D eigenvalue weighted by atomic mass is 10.1. The fourth-order valence-corrected chi connectivity index (χ4v) is 1.88. The zero-order chi connectivity index (χ0) is 14.1. The van der Waals surface area contributed by atoms with Crippen LogP contribution >= 0.6 is 12.2 Å². The van der Waals surface area contributed by atoms with Gasteiger partial charge in [0, 0.05) is 13.1 Å². The molecule has 0 bridgehead atoms. The van der Waals surface area contributed by atoms with Crippen molar-refractivity contribution >= 4 is 23.2 Å². The standard InChI is InChI=1S/C14H21N3OS/c1-3-15-13(18)11(2)17-14(19)16-10-9-12-7-5-4-6-8-12/h4-8,11H,3,9-10H2,1-2H3,(H,15,18)(H2,16,17,19)/t11-/m0/s1. The summed E-state index contributed by atoms with van der Waals surface area (Å²) in [5.41, 5.74) is 1.26. The summed E-state index contributed by atoms with van der Waals surface area (Å²) in [5, 5.41) is 9.31. The van der Waals surface area contributed by atoms with Crippen molar-refractivity contribution < 1.29 is 4.79 Å². The maximum atomic E-state index is 11.5. The maximum Gasteiger partial charge on any atom is 0.242 e. The number of carbonyl (C=O) groups excluding carboxylic acids is 1. The number of rotatable bonds is 6. The van der Waals surface area contributed by atoms with Crippen LogP contribution in [0.3, 0.4) is 0 Å². The third kappa shape index (κ3) is 6.20. The van der Waals surface area contributed by atoms with Crippen LogP contribution in [0.25, 0.3) is 0 Å². The summed E-state index contributed by atoms with van der Waals surface area (Å²) in [6.45, 7) is 5.05. The second-order valence-corrected chi connectivity index (χ2v) is 4.66. The SMILES string of the molecule is CCNC(=O)[C@H](C)NC(=S)NCCc1ccccc1. The first-order valence-electron chi connectivity index (χ1n) is 6.49. The molecule has 1 aromatic carbocycles. The fraction of sp³-hybridized carbons (Fsp3) is 0.429. The number of nitrogens with one attached hydrogen (secondary N) is 3. The van der Waals surface area contributed by atoms with Gasteiger partial charge in [-0.1, -0.05) is 30.3 Å².